The van der Waals surface area contributed by atoms with Gasteiger partial charge in [-0.1, -0.05) is 0 Å². The fraction of sp³-hybridized carbons (Fsp3) is 0.143. The van der Waals surface area contributed by atoms with Crippen molar-refractivity contribution in [3.05, 3.63) is 27.1 Å². The molecule has 0 unspecified atom stereocenters. The van der Waals surface area contributed by atoms with Gasteiger partial charge in [0.25, 0.3) is 0 Å². The Bertz CT molecular complexity index is 241. The van der Waals surface area contributed by atoms with Gasteiger partial charge >= 0.3 is 0 Å². The van der Waals surface area contributed by atoms with Crippen molar-refractivity contribution in [1.82, 2.24) is 0 Å². The molecule has 2 N–H and O–H groups in total. The van der Waals surface area contributed by atoms with Crippen LogP contribution in [0.2, 0.25) is 0 Å². The molecule has 0 atom stereocenters. The number of nitrogens with two attached hydrogens (primary N) is 1. The Morgan fingerprint density at radius 3 is 2.33 bits per heavy atom. The normalized spacial score (nSPS) is 8.75. The van der Waals surface area contributed by atoms with E-state index in [9.17, 15) is 4.39 Å². The molecule has 1 nitrogen and oxygen atoms in total. The van der Waals surface area contributed by atoms with E-state index in [-0.39, 0.29) is 5.82 Å². The molecule has 1 rings (SSSR count). The summed E-state index contributed by atoms with van der Waals surface area (Å²) < 4.78 is 13.5. The molecule has 0 aliphatic heterocycles. The Morgan fingerprint density at radius 2 is 1.92 bits per heavy atom. The van der Waals surface area contributed by atoms with E-state index >= 15 is 0 Å². The molecular weight excluding hydrogens is 406 g/mol. The van der Waals surface area contributed by atoms with Gasteiger partial charge in [0.05, 0.1) is 0 Å². The summed E-state index contributed by atoms with van der Waals surface area (Å²) in [7, 11) is 4.61. The second-order valence-corrected chi connectivity index (χ2v) is 3.24. The molecule has 0 fully saturated rings. The van der Waals surface area contributed by atoms with Gasteiger partial charge in [-0.05, 0) is 50.6 Å². The topological polar surface area (TPSA) is 26.0 Å². The Balaban J connectivity index is 0.000000561. The van der Waals surface area contributed by atoms with Gasteiger partial charge in [-0.15, -0.1) is 0 Å². The SMILES string of the molecule is Cc1c(N)ccc(I)c1F.ClI. The fourth-order valence-electron chi connectivity index (χ4n) is 0.667. The van der Waals surface area contributed by atoms with Crippen molar-refractivity contribution in [2.75, 3.05) is 5.73 Å². The van der Waals surface area contributed by atoms with Crippen LogP contribution in [-0.2, 0) is 0 Å². The van der Waals surface area contributed by atoms with Gasteiger partial charge in [0.2, 0.25) is 0 Å². The van der Waals surface area contributed by atoms with Crippen molar-refractivity contribution in [3.63, 3.8) is 0 Å². The molecule has 1 aromatic rings. The van der Waals surface area contributed by atoms with Crippen LogP contribution in [0.25, 0.3) is 0 Å². The lowest BCUT2D eigenvalue weighted by molar-refractivity contribution is 0.612. The molecule has 1 aromatic carbocycles. The number of halogens is 4. The maximum atomic E-state index is 12.9. The lowest BCUT2D eigenvalue weighted by Crippen LogP contribution is -1.94. The van der Waals surface area contributed by atoms with E-state index in [0.717, 1.165) is 0 Å². The van der Waals surface area contributed by atoms with Crippen molar-refractivity contribution in [2.24, 2.45) is 0 Å². The van der Waals surface area contributed by atoms with Crippen molar-refractivity contribution < 1.29 is 4.39 Å². The molecule has 0 spiro atoms. The lowest BCUT2D eigenvalue weighted by atomic mass is 10.2. The summed E-state index contributed by atoms with van der Waals surface area (Å²) in [5, 5.41) is 0. The Morgan fingerprint density at radius 1 is 1.42 bits per heavy atom. The van der Waals surface area contributed by atoms with E-state index < -0.39 is 0 Å². The van der Waals surface area contributed by atoms with E-state index in [1.165, 1.54) is 0 Å². The van der Waals surface area contributed by atoms with Crippen molar-refractivity contribution in [2.45, 2.75) is 6.92 Å². The second-order valence-electron chi connectivity index (χ2n) is 2.08. The summed E-state index contributed by atoms with van der Waals surface area (Å²) in [6.07, 6.45) is 0. The first kappa shape index (κ1) is 12.7. The zero-order valence-corrected chi connectivity index (χ0v) is 11.3. The van der Waals surface area contributed by atoms with Gasteiger partial charge in [-0.3, -0.25) is 0 Å². The Labute approximate surface area is 102 Å². The molecule has 12 heavy (non-hydrogen) atoms. The third-order valence-electron chi connectivity index (χ3n) is 1.38. The first-order valence-electron chi connectivity index (χ1n) is 2.97. The minimum atomic E-state index is -0.208. The van der Waals surface area contributed by atoms with Gasteiger partial charge in [0.1, 0.15) is 5.82 Å². The molecule has 0 bridgehead atoms. The largest absolute Gasteiger partial charge is 0.398 e. The Hall–Kier alpha value is 0.700. The Kier molecular flexibility index (Phi) is 6.56. The highest BCUT2D eigenvalue weighted by Crippen LogP contribution is 2.19. The van der Waals surface area contributed by atoms with Crippen LogP contribution in [0.4, 0.5) is 10.1 Å². The summed E-state index contributed by atoms with van der Waals surface area (Å²) in [6, 6.07) is 3.37. The van der Waals surface area contributed by atoms with Crippen molar-refractivity contribution in [3.8, 4) is 0 Å². The molecule has 0 aliphatic rings. The summed E-state index contributed by atoms with van der Waals surface area (Å²) >= 11 is 3.56. The van der Waals surface area contributed by atoms with Crippen LogP contribution in [0.3, 0.4) is 0 Å². The van der Waals surface area contributed by atoms with Crippen LogP contribution in [0.5, 0.6) is 0 Å². The maximum Gasteiger partial charge on any atom is 0.141 e. The minimum Gasteiger partial charge on any atom is -0.398 e. The first-order chi connectivity index (χ1) is 5.63. The highest BCUT2D eigenvalue weighted by atomic mass is 127. The quantitative estimate of drug-likeness (QED) is 0.507. The molecule has 0 aromatic heterocycles. The van der Waals surface area contributed by atoms with Crippen molar-refractivity contribution in [1.29, 1.82) is 0 Å². The van der Waals surface area contributed by atoms with E-state index in [2.05, 4.69) is 8.91 Å². The van der Waals surface area contributed by atoms with Gasteiger partial charge in [-0.2, -0.15) is 0 Å². The molecule has 0 saturated heterocycles. The molecule has 0 radical (unpaired) electrons. The first-order valence-corrected chi connectivity index (χ1v) is 6.78. The number of nitrogen functional groups attached to an aromatic ring is 1. The van der Waals surface area contributed by atoms with Crippen LogP contribution in [0, 0.1) is 16.3 Å². The van der Waals surface area contributed by atoms with Gasteiger partial charge in [0.15, 0.2) is 0 Å². The monoisotopic (exact) mass is 413 g/mol. The average Bonchev–Trinajstić information content (AvgIpc) is 2.12. The number of hydrogen-bond acceptors (Lipinski definition) is 1. The smallest absolute Gasteiger partial charge is 0.141 e. The van der Waals surface area contributed by atoms with Crippen LogP contribution in [0.1, 0.15) is 5.56 Å². The van der Waals surface area contributed by atoms with Gasteiger partial charge < -0.3 is 5.73 Å². The van der Waals surface area contributed by atoms with Crippen LogP contribution >= 0.6 is 53.0 Å². The molecule has 5 heteroatoms. The van der Waals surface area contributed by atoms with E-state index in [1.54, 1.807) is 40.5 Å². The third kappa shape index (κ3) is 3.21. The van der Waals surface area contributed by atoms with Crippen LogP contribution in [0.15, 0.2) is 12.1 Å². The summed E-state index contributed by atoms with van der Waals surface area (Å²) in [4.78, 5) is 0. The number of hydrogen-bond donors (Lipinski definition) is 1. The average molecular weight is 413 g/mol. The van der Waals surface area contributed by atoms with E-state index in [0.29, 0.717) is 14.8 Å². The molecular formula is C7H7ClFI2N. The predicted octanol–water partition coefficient (Wildman–Crippen LogP) is 3.90. The second kappa shape index (κ2) is 6.20. The van der Waals surface area contributed by atoms with E-state index in [1.807, 2.05) is 22.6 Å². The van der Waals surface area contributed by atoms with Crippen LogP contribution in [-0.4, -0.2) is 0 Å². The van der Waals surface area contributed by atoms with Gasteiger partial charge in [0, 0.05) is 36.3 Å². The van der Waals surface area contributed by atoms with Crippen molar-refractivity contribution >= 4 is 58.6 Å². The molecule has 0 amide bonds. The molecule has 0 aliphatic carbocycles. The number of benzene rings is 1. The molecule has 0 heterocycles. The summed E-state index contributed by atoms with van der Waals surface area (Å²) in [5.41, 5.74) is 6.49. The highest BCUT2D eigenvalue weighted by molar-refractivity contribution is 14.1. The standard InChI is InChI=1S/C7H7FIN.ClI/c1-4-6(10)3-2-5(9)7(4)8;1-2/h2-3H,10H2,1H3;. The molecule has 0 saturated carbocycles. The maximum absolute atomic E-state index is 12.9. The zero-order chi connectivity index (χ0) is 9.72. The lowest BCUT2D eigenvalue weighted by Gasteiger charge is -2.01. The summed E-state index contributed by atoms with van der Waals surface area (Å²) in [5.74, 6) is -0.208. The zero-order valence-electron chi connectivity index (χ0n) is 6.24. The number of anilines is 1. The third-order valence-corrected chi connectivity index (χ3v) is 2.21. The minimum absolute atomic E-state index is 0.208. The predicted molar refractivity (Wildman–Crippen MR) is 68.1 cm³/mol. The molecule has 68 valence electrons. The summed E-state index contributed by atoms with van der Waals surface area (Å²) in [6.45, 7) is 1.67. The van der Waals surface area contributed by atoms with Crippen LogP contribution < -0.4 is 5.73 Å². The fourth-order valence-corrected chi connectivity index (χ4v) is 1.25. The highest BCUT2D eigenvalue weighted by Gasteiger charge is 2.03. The van der Waals surface area contributed by atoms with E-state index in [4.69, 9.17) is 5.73 Å². The number of rotatable bonds is 0. The van der Waals surface area contributed by atoms with Gasteiger partial charge in [-0.25, -0.2) is 4.39 Å².